The first-order chi connectivity index (χ1) is 12.9. The summed E-state index contributed by atoms with van der Waals surface area (Å²) in [5.41, 5.74) is 8.61. The van der Waals surface area contributed by atoms with E-state index in [0.717, 1.165) is 16.9 Å². The molecule has 7 heteroatoms. The number of guanidine groups is 1. The number of rotatable bonds is 2. The first kappa shape index (κ1) is 16.7. The molecule has 0 fully saturated rings. The highest BCUT2D eigenvalue weighted by Gasteiger charge is 2.18. The molecule has 134 valence electrons. The van der Waals surface area contributed by atoms with Gasteiger partial charge in [-0.25, -0.2) is 4.39 Å². The van der Waals surface area contributed by atoms with Gasteiger partial charge >= 0.3 is 0 Å². The fraction of sp³-hybridized carbons (Fsp3) is 0.0500. The summed E-state index contributed by atoms with van der Waals surface area (Å²) in [5.74, 6) is -1.26. The number of aromatic nitrogens is 2. The number of nitrogens with two attached hydrogens (primary N) is 1. The summed E-state index contributed by atoms with van der Waals surface area (Å²) in [6.45, 7) is 1.86. The molecule has 0 aliphatic heterocycles. The average Bonchev–Trinajstić information content (AvgIpc) is 3.00. The molecule has 0 bridgehead atoms. The van der Waals surface area contributed by atoms with Gasteiger partial charge in [-0.2, -0.15) is 0 Å². The van der Waals surface area contributed by atoms with E-state index in [1.54, 1.807) is 12.3 Å². The van der Waals surface area contributed by atoms with Crippen molar-refractivity contribution in [2.45, 2.75) is 6.92 Å². The Labute approximate surface area is 153 Å². The van der Waals surface area contributed by atoms with Crippen LogP contribution in [-0.2, 0) is 0 Å². The molecule has 2 heterocycles. The number of nitrogens with zero attached hydrogens (tertiary/aromatic N) is 2. The second kappa shape index (κ2) is 6.21. The van der Waals surface area contributed by atoms with Gasteiger partial charge < -0.3 is 10.3 Å². The number of nitrogens with one attached hydrogen (secondary N) is 2. The van der Waals surface area contributed by atoms with Crippen molar-refractivity contribution in [2.24, 2.45) is 5.73 Å². The summed E-state index contributed by atoms with van der Waals surface area (Å²) in [7, 11) is 0. The second-order valence-corrected chi connectivity index (χ2v) is 6.24. The van der Waals surface area contributed by atoms with Gasteiger partial charge in [-0.1, -0.05) is 18.2 Å². The van der Waals surface area contributed by atoms with Crippen molar-refractivity contribution in [2.75, 3.05) is 0 Å². The molecule has 27 heavy (non-hydrogen) atoms. The van der Waals surface area contributed by atoms with Gasteiger partial charge in [0.05, 0.1) is 22.3 Å². The highest BCUT2D eigenvalue weighted by Crippen LogP contribution is 2.29. The fourth-order valence-electron chi connectivity index (χ4n) is 3.26. The normalized spacial score (nSPS) is 11.0. The van der Waals surface area contributed by atoms with Gasteiger partial charge in [-0.05, 0) is 37.3 Å². The lowest BCUT2D eigenvalue weighted by atomic mass is 10.1. The Morgan fingerprint density at radius 2 is 1.96 bits per heavy atom. The second-order valence-electron chi connectivity index (χ2n) is 6.24. The van der Waals surface area contributed by atoms with Crippen LogP contribution >= 0.6 is 0 Å². The standard InChI is InChI=1S/C20H16FN5O/c1-11-8-18(14-9-12(21)6-7-16(14)24-11)26-10-15(19(27)25-20(22)23)13-4-2-3-5-17(13)26/h2-10H,1H3,(H4,22,23,25,27). The zero-order valence-electron chi connectivity index (χ0n) is 14.5. The van der Waals surface area contributed by atoms with Crippen LogP contribution in [0.4, 0.5) is 4.39 Å². The van der Waals surface area contributed by atoms with E-state index in [9.17, 15) is 9.18 Å². The van der Waals surface area contributed by atoms with E-state index in [1.165, 1.54) is 12.1 Å². The number of pyridine rings is 1. The highest BCUT2D eigenvalue weighted by atomic mass is 19.1. The number of hydrogen-bond donors (Lipinski definition) is 3. The smallest absolute Gasteiger partial charge is 0.260 e. The number of fused-ring (bicyclic) bond motifs is 2. The van der Waals surface area contributed by atoms with Crippen LogP contribution in [0.2, 0.25) is 0 Å². The number of benzene rings is 2. The molecule has 4 aromatic rings. The molecule has 4 N–H and O–H groups in total. The number of carbonyl (C=O) groups excluding carboxylic acids is 1. The summed E-state index contributed by atoms with van der Waals surface area (Å²) in [6.07, 6.45) is 1.67. The van der Waals surface area contributed by atoms with Gasteiger partial charge in [0, 0.05) is 22.7 Å². The minimum atomic E-state index is -0.473. The molecular formula is C20H16FN5O. The van der Waals surface area contributed by atoms with E-state index in [2.05, 4.69) is 10.3 Å². The Kier molecular flexibility index (Phi) is 3.84. The SMILES string of the molecule is Cc1cc(-n2cc(C(=O)NC(=N)N)c3ccccc32)c2cc(F)ccc2n1. The maximum atomic E-state index is 13.9. The summed E-state index contributed by atoms with van der Waals surface area (Å²) < 4.78 is 15.7. The molecule has 0 aliphatic carbocycles. The van der Waals surface area contributed by atoms with Crippen molar-refractivity contribution in [1.29, 1.82) is 5.41 Å². The van der Waals surface area contributed by atoms with E-state index >= 15 is 0 Å². The van der Waals surface area contributed by atoms with Crippen molar-refractivity contribution < 1.29 is 9.18 Å². The molecular weight excluding hydrogens is 345 g/mol. The molecule has 0 saturated heterocycles. The molecule has 0 radical (unpaired) electrons. The number of para-hydroxylation sites is 1. The quantitative estimate of drug-likeness (QED) is 0.378. The Hall–Kier alpha value is -3.74. The van der Waals surface area contributed by atoms with Gasteiger partial charge in [0.1, 0.15) is 5.82 Å². The molecule has 4 rings (SSSR count). The molecule has 0 unspecified atom stereocenters. The van der Waals surface area contributed by atoms with Gasteiger partial charge in [0.25, 0.3) is 5.91 Å². The van der Waals surface area contributed by atoms with Crippen molar-refractivity contribution >= 4 is 33.7 Å². The zero-order chi connectivity index (χ0) is 19.1. The van der Waals surface area contributed by atoms with Crippen LogP contribution in [0.15, 0.2) is 54.7 Å². The Morgan fingerprint density at radius 3 is 2.74 bits per heavy atom. The third-order valence-electron chi connectivity index (χ3n) is 4.34. The molecule has 6 nitrogen and oxygen atoms in total. The number of halogens is 1. The highest BCUT2D eigenvalue weighted by molar-refractivity contribution is 6.12. The third kappa shape index (κ3) is 2.89. The zero-order valence-corrected chi connectivity index (χ0v) is 14.5. The van der Waals surface area contributed by atoms with Gasteiger partial charge in [0.2, 0.25) is 0 Å². The Bertz CT molecular complexity index is 1230. The van der Waals surface area contributed by atoms with E-state index < -0.39 is 11.9 Å². The lowest BCUT2D eigenvalue weighted by Crippen LogP contribution is -2.35. The van der Waals surface area contributed by atoms with Crippen molar-refractivity contribution in [3.05, 3.63) is 71.8 Å². The maximum Gasteiger partial charge on any atom is 0.260 e. The van der Waals surface area contributed by atoms with Crippen LogP contribution in [0.5, 0.6) is 0 Å². The van der Waals surface area contributed by atoms with Crippen LogP contribution < -0.4 is 11.1 Å². The molecule has 0 saturated carbocycles. The Morgan fingerprint density at radius 1 is 1.19 bits per heavy atom. The molecule has 2 aromatic heterocycles. The first-order valence-corrected chi connectivity index (χ1v) is 8.27. The summed E-state index contributed by atoms with van der Waals surface area (Å²) >= 11 is 0. The van der Waals surface area contributed by atoms with Crippen LogP contribution in [0.1, 0.15) is 16.1 Å². The van der Waals surface area contributed by atoms with E-state index in [0.29, 0.717) is 21.9 Å². The van der Waals surface area contributed by atoms with Crippen LogP contribution in [0.3, 0.4) is 0 Å². The van der Waals surface area contributed by atoms with E-state index in [4.69, 9.17) is 11.1 Å². The van der Waals surface area contributed by atoms with Crippen LogP contribution in [0.25, 0.3) is 27.5 Å². The van der Waals surface area contributed by atoms with Gasteiger partial charge in [-0.15, -0.1) is 0 Å². The molecule has 0 aliphatic rings. The largest absolute Gasteiger partial charge is 0.370 e. The summed E-state index contributed by atoms with van der Waals surface area (Å²) in [6, 6.07) is 13.7. The predicted molar refractivity (Wildman–Crippen MR) is 103 cm³/mol. The minimum Gasteiger partial charge on any atom is -0.370 e. The van der Waals surface area contributed by atoms with E-state index in [-0.39, 0.29) is 5.82 Å². The van der Waals surface area contributed by atoms with Crippen LogP contribution in [-0.4, -0.2) is 21.4 Å². The van der Waals surface area contributed by atoms with Crippen molar-refractivity contribution in [1.82, 2.24) is 14.9 Å². The number of amides is 1. The minimum absolute atomic E-state index is 0.361. The van der Waals surface area contributed by atoms with Crippen LogP contribution in [0, 0.1) is 18.2 Å². The molecule has 1 amide bonds. The average molecular weight is 361 g/mol. The fourth-order valence-corrected chi connectivity index (χ4v) is 3.26. The topological polar surface area (TPSA) is 96.8 Å². The Balaban J connectivity index is 2.03. The van der Waals surface area contributed by atoms with Gasteiger partial charge in [-0.3, -0.25) is 20.5 Å². The molecule has 2 aromatic carbocycles. The monoisotopic (exact) mass is 361 g/mol. The first-order valence-electron chi connectivity index (χ1n) is 8.27. The summed E-state index contributed by atoms with van der Waals surface area (Å²) in [4.78, 5) is 16.9. The van der Waals surface area contributed by atoms with Crippen molar-refractivity contribution in [3.8, 4) is 5.69 Å². The molecule has 0 spiro atoms. The lowest BCUT2D eigenvalue weighted by molar-refractivity contribution is 0.0978. The number of hydrogen-bond acceptors (Lipinski definition) is 3. The van der Waals surface area contributed by atoms with E-state index in [1.807, 2.05) is 41.8 Å². The lowest BCUT2D eigenvalue weighted by Gasteiger charge is -2.11. The maximum absolute atomic E-state index is 13.9. The summed E-state index contributed by atoms with van der Waals surface area (Å²) in [5, 5.41) is 11.0. The van der Waals surface area contributed by atoms with Crippen molar-refractivity contribution in [3.63, 3.8) is 0 Å². The number of carbonyl (C=O) groups is 1. The predicted octanol–water partition coefficient (Wildman–Crippen LogP) is 3.25. The number of aryl methyl sites for hydroxylation is 1. The third-order valence-corrected chi connectivity index (χ3v) is 4.34. The molecule has 0 atom stereocenters. The van der Waals surface area contributed by atoms with Gasteiger partial charge in [0.15, 0.2) is 5.96 Å².